The monoisotopic (exact) mass is 372 g/mol. The number of allylic oxidation sites excluding steroid dienone is 2. The van der Waals surface area contributed by atoms with Gasteiger partial charge in [0.2, 0.25) is 0 Å². The molecule has 0 aromatic heterocycles. The highest BCUT2D eigenvalue weighted by Gasteiger charge is 2.12. The van der Waals surface area contributed by atoms with Crippen molar-refractivity contribution in [3.05, 3.63) is 83.4 Å². The maximum Gasteiger partial charge on any atom is 0.126 e. The van der Waals surface area contributed by atoms with E-state index in [0.29, 0.717) is 0 Å². The van der Waals surface area contributed by atoms with Crippen molar-refractivity contribution >= 4 is 59.4 Å². The summed E-state index contributed by atoms with van der Waals surface area (Å²) in [5, 5.41) is 0.0937. The minimum absolute atomic E-state index is 0. The topological polar surface area (TPSA) is 0 Å². The summed E-state index contributed by atoms with van der Waals surface area (Å²) in [4.78, 5) is -0.421. The van der Waals surface area contributed by atoms with Gasteiger partial charge >= 0.3 is 0 Å². The highest BCUT2D eigenvalue weighted by Crippen LogP contribution is 2.32. The first-order chi connectivity index (χ1) is 10.2. The van der Waals surface area contributed by atoms with Crippen molar-refractivity contribution in [3.63, 3.8) is 0 Å². The minimum Gasteiger partial charge on any atom is -0.147 e. The number of halogens is 4. The molecule has 0 aliphatic heterocycles. The first-order valence-corrected chi connectivity index (χ1v) is 7.90. The van der Waals surface area contributed by atoms with Crippen LogP contribution in [0.25, 0.3) is 12.2 Å². The van der Waals surface area contributed by atoms with Crippen molar-refractivity contribution < 1.29 is 0 Å². The van der Waals surface area contributed by atoms with Gasteiger partial charge in [0.15, 0.2) is 0 Å². The van der Waals surface area contributed by atoms with Gasteiger partial charge in [0.25, 0.3) is 0 Å². The molecule has 0 nitrogen and oxygen atoms in total. The smallest absolute Gasteiger partial charge is 0.126 e. The minimum atomic E-state index is -0.421. The van der Waals surface area contributed by atoms with E-state index in [2.05, 4.69) is 18.2 Å². The summed E-state index contributed by atoms with van der Waals surface area (Å²) < 4.78 is 0. The molecule has 22 heavy (non-hydrogen) atoms. The van der Waals surface area contributed by atoms with E-state index in [-0.39, 0.29) is 17.8 Å². The lowest BCUT2D eigenvalue weighted by Gasteiger charge is -1.99. The Balaban J connectivity index is 0.000000211. The van der Waals surface area contributed by atoms with E-state index < -0.39 is 4.84 Å². The Kier molecular flexibility index (Phi) is 8.67. The summed E-state index contributed by atoms with van der Waals surface area (Å²) in [5.74, 6) is 0. The Bertz CT molecular complexity index is 618. The summed E-state index contributed by atoms with van der Waals surface area (Å²) in [6, 6.07) is 18.1. The standard InChI is InChI=1S/C9H8Cl2.C9H7Cl.ClH/c10-9(11)7-6-8-4-2-1-3-5-8;10-9-6-5-7-3-1-2-4-8(7)9;/h1-7,9H;1-6,9H;1H. The molecule has 2 aromatic rings. The normalized spacial score (nSPS) is 15.2. The van der Waals surface area contributed by atoms with Gasteiger partial charge in [-0.3, -0.25) is 0 Å². The maximum absolute atomic E-state index is 5.96. The third kappa shape index (κ3) is 6.06. The molecule has 0 N–H and O–H groups in total. The average Bonchev–Trinajstić information content (AvgIpc) is 2.89. The van der Waals surface area contributed by atoms with E-state index in [1.807, 2.05) is 54.6 Å². The summed E-state index contributed by atoms with van der Waals surface area (Å²) in [6.07, 6.45) is 7.70. The van der Waals surface area contributed by atoms with Crippen LogP contribution < -0.4 is 0 Å². The third-order valence-electron chi connectivity index (χ3n) is 2.97. The summed E-state index contributed by atoms with van der Waals surface area (Å²) >= 11 is 17.0. The lowest BCUT2D eigenvalue weighted by molar-refractivity contribution is 1.25. The SMILES string of the molecule is Cl.ClC(Cl)C=Cc1ccccc1.ClC1C=Cc2ccccc21. The zero-order valence-electron chi connectivity index (χ0n) is 11.7. The average molecular weight is 374 g/mol. The fourth-order valence-corrected chi connectivity index (χ4v) is 2.37. The second kappa shape index (κ2) is 9.97. The zero-order valence-corrected chi connectivity index (χ0v) is 14.8. The Morgan fingerprint density at radius 1 is 0.909 bits per heavy atom. The van der Waals surface area contributed by atoms with Crippen molar-refractivity contribution in [1.82, 2.24) is 0 Å². The molecule has 0 saturated carbocycles. The fraction of sp³-hybridized carbons (Fsp3) is 0.111. The number of benzene rings is 2. The molecule has 4 heteroatoms. The predicted molar refractivity (Wildman–Crippen MR) is 102 cm³/mol. The van der Waals surface area contributed by atoms with Crippen LogP contribution in [0.1, 0.15) is 22.1 Å². The van der Waals surface area contributed by atoms with Gasteiger partial charge in [0.1, 0.15) is 4.84 Å². The van der Waals surface area contributed by atoms with Gasteiger partial charge < -0.3 is 0 Å². The van der Waals surface area contributed by atoms with Gasteiger partial charge in [-0.25, -0.2) is 0 Å². The molecule has 1 aliphatic carbocycles. The highest BCUT2D eigenvalue weighted by atomic mass is 35.5. The van der Waals surface area contributed by atoms with Crippen molar-refractivity contribution in [3.8, 4) is 0 Å². The van der Waals surface area contributed by atoms with Crippen molar-refractivity contribution in [2.75, 3.05) is 0 Å². The van der Waals surface area contributed by atoms with Gasteiger partial charge in [-0.05, 0) is 16.7 Å². The van der Waals surface area contributed by atoms with Crippen molar-refractivity contribution in [1.29, 1.82) is 0 Å². The largest absolute Gasteiger partial charge is 0.147 e. The van der Waals surface area contributed by atoms with Crippen LogP contribution in [0.4, 0.5) is 0 Å². The van der Waals surface area contributed by atoms with Gasteiger partial charge in [-0.1, -0.05) is 78.9 Å². The maximum atomic E-state index is 5.96. The molecule has 0 spiro atoms. The van der Waals surface area contributed by atoms with E-state index >= 15 is 0 Å². The molecule has 1 aliphatic rings. The molecule has 0 heterocycles. The van der Waals surface area contributed by atoms with Crippen molar-refractivity contribution in [2.45, 2.75) is 10.2 Å². The molecule has 0 amide bonds. The summed E-state index contributed by atoms with van der Waals surface area (Å²) in [7, 11) is 0. The van der Waals surface area contributed by atoms with E-state index in [1.165, 1.54) is 11.1 Å². The van der Waals surface area contributed by atoms with Crippen LogP contribution in [0, 0.1) is 0 Å². The molecule has 1 unspecified atom stereocenters. The van der Waals surface area contributed by atoms with Crippen LogP contribution in [-0.4, -0.2) is 4.84 Å². The second-order valence-corrected chi connectivity index (χ2v) is 6.13. The zero-order chi connectivity index (χ0) is 15.1. The lowest BCUT2D eigenvalue weighted by Crippen LogP contribution is -1.81. The second-order valence-electron chi connectivity index (χ2n) is 4.49. The quantitative estimate of drug-likeness (QED) is 0.501. The molecular weight excluding hydrogens is 358 g/mol. The van der Waals surface area contributed by atoms with Crippen LogP contribution in [0.5, 0.6) is 0 Å². The van der Waals surface area contributed by atoms with Gasteiger partial charge in [0, 0.05) is 0 Å². The molecule has 0 fully saturated rings. The molecule has 0 saturated heterocycles. The molecular formula is C18H16Cl4. The number of hydrogen-bond donors (Lipinski definition) is 0. The van der Waals surface area contributed by atoms with Crippen LogP contribution in [-0.2, 0) is 0 Å². The van der Waals surface area contributed by atoms with Crippen LogP contribution in [0.3, 0.4) is 0 Å². The first-order valence-electron chi connectivity index (χ1n) is 6.59. The molecule has 3 rings (SSSR count). The van der Waals surface area contributed by atoms with Gasteiger partial charge in [0.05, 0.1) is 5.38 Å². The summed E-state index contributed by atoms with van der Waals surface area (Å²) in [5.41, 5.74) is 3.59. The van der Waals surface area contributed by atoms with E-state index in [1.54, 1.807) is 6.08 Å². The highest BCUT2D eigenvalue weighted by molar-refractivity contribution is 6.45. The van der Waals surface area contributed by atoms with Crippen molar-refractivity contribution in [2.24, 2.45) is 0 Å². The summed E-state index contributed by atoms with van der Waals surface area (Å²) in [6.45, 7) is 0. The number of rotatable bonds is 2. The van der Waals surface area contributed by atoms with Crippen LogP contribution in [0.15, 0.2) is 66.7 Å². The fourth-order valence-electron chi connectivity index (χ4n) is 1.95. The van der Waals surface area contributed by atoms with Crippen LogP contribution >= 0.6 is 47.2 Å². The van der Waals surface area contributed by atoms with Gasteiger partial charge in [-0.15, -0.1) is 47.2 Å². The predicted octanol–water partition coefficient (Wildman–Crippen LogP) is 6.92. The van der Waals surface area contributed by atoms with E-state index in [4.69, 9.17) is 34.8 Å². The van der Waals surface area contributed by atoms with Gasteiger partial charge in [-0.2, -0.15) is 0 Å². The van der Waals surface area contributed by atoms with Crippen LogP contribution in [0.2, 0.25) is 0 Å². The Labute approximate surface area is 152 Å². The number of hydrogen-bond acceptors (Lipinski definition) is 0. The first kappa shape index (κ1) is 19.1. The Morgan fingerprint density at radius 2 is 1.55 bits per heavy atom. The molecule has 1 atom stereocenters. The van der Waals surface area contributed by atoms with E-state index in [9.17, 15) is 0 Å². The molecule has 0 radical (unpaired) electrons. The van der Waals surface area contributed by atoms with E-state index in [0.717, 1.165) is 5.56 Å². The molecule has 116 valence electrons. The lowest BCUT2D eigenvalue weighted by atomic mass is 10.1. The Hall–Kier alpha value is -0.920. The third-order valence-corrected chi connectivity index (χ3v) is 3.64. The Morgan fingerprint density at radius 3 is 2.18 bits per heavy atom. The number of alkyl halides is 3. The number of fused-ring (bicyclic) bond motifs is 1. The molecule has 2 aromatic carbocycles. The molecule has 0 bridgehead atoms.